The zero-order chi connectivity index (χ0) is 15.4. The minimum Gasteiger partial charge on any atom is -0.496 e. The fourth-order valence-electron chi connectivity index (χ4n) is 2.09. The monoisotopic (exact) mass is 323 g/mol. The fourth-order valence-corrected chi connectivity index (χ4v) is 2.38. The molecule has 0 saturated heterocycles. The van der Waals surface area contributed by atoms with Gasteiger partial charge in [-0.3, -0.25) is 0 Å². The van der Waals surface area contributed by atoms with Gasteiger partial charge in [0.25, 0.3) is 0 Å². The number of hydrogen-bond donors (Lipinski definition) is 1. The highest BCUT2D eigenvalue weighted by Crippen LogP contribution is 2.31. The maximum absolute atomic E-state index is 6.10. The Balaban J connectivity index is 2.35. The Morgan fingerprint density at radius 2 is 1.67 bits per heavy atom. The highest BCUT2D eigenvalue weighted by atomic mass is 35.5. The highest BCUT2D eigenvalue weighted by Gasteiger charge is 2.08. The third-order valence-corrected chi connectivity index (χ3v) is 3.97. The Morgan fingerprint density at radius 1 is 1.00 bits per heavy atom. The van der Waals surface area contributed by atoms with Crippen molar-refractivity contribution in [3.05, 3.63) is 52.0 Å². The smallest absolute Gasteiger partial charge is 0.123 e. The zero-order valence-corrected chi connectivity index (χ0v) is 13.9. The lowest BCUT2D eigenvalue weighted by Gasteiger charge is -2.14. The summed E-state index contributed by atoms with van der Waals surface area (Å²) in [7, 11) is 1.69. The van der Waals surface area contributed by atoms with Gasteiger partial charge in [0.05, 0.1) is 17.2 Å². The summed E-state index contributed by atoms with van der Waals surface area (Å²) >= 11 is 12.1. The normalized spacial score (nSPS) is 11.0. The van der Waals surface area contributed by atoms with Crippen molar-refractivity contribution in [3.63, 3.8) is 0 Å². The predicted octanol–water partition coefficient (Wildman–Crippen LogP) is 5.17. The van der Waals surface area contributed by atoms with Crippen LogP contribution in [0.5, 0.6) is 5.75 Å². The van der Waals surface area contributed by atoms with Crippen LogP contribution in [0.1, 0.15) is 19.4 Å². The van der Waals surface area contributed by atoms with E-state index in [1.165, 1.54) is 0 Å². The van der Waals surface area contributed by atoms with E-state index >= 15 is 0 Å². The summed E-state index contributed by atoms with van der Waals surface area (Å²) in [6, 6.07) is 12.2. The van der Waals surface area contributed by atoms with Crippen LogP contribution in [0.2, 0.25) is 10.0 Å². The van der Waals surface area contributed by atoms with Crippen molar-refractivity contribution in [2.45, 2.75) is 26.4 Å². The molecule has 0 aromatic heterocycles. The number of nitrogens with one attached hydrogen (secondary N) is 1. The molecule has 2 rings (SSSR count). The quantitative estimate of drug-likeness (QED) is 0.819. The number of methoxy groups -OCH3 is 1. The lowest BCUT2D eigenvalue weighted by Crippen LogP contribution is -2.22. The molecule has 0 heterocycles. The van der Waals surface area contributed by atoms with Crippen LogP contribution in [-0.2, 0) is 6.54 Å². The lowest BCUT2D eigenvalue weighted by atomic mass is 10.0. The number of hydrogen-bond acceptors (Lipinski definition) is 2. The van der Waals surface area contributed by atoms with Crippen LogP contribution < -0.4 is 10.1 Å². The van der Waals surface area contributed by atoms with Gasteiger partial charge >= 0.3 is 0 Å². The van der Waals surface area contributed by atoms with Crippen LogP contribution in [0.4, 0.5) is 0 Å². The summed E-state index contributed by atoms with van der Waals surface area (Å²) in [6.45, 7) is 5.00. The molecule has 0 aliphatic carbocycles. The van der Waals surface area contributed by atoms with Crippen molar-refractivity contribution in [1.29, 1.82) is 0 Å². The first-order valence-corrected chi connectivity index (χ1v) is 7.62. The third-order valence-electron chi connectivity index (χ3n) is 3.23. The van der Waals surface area contributed by atoms with Gasteiger partial charge in [0.2, 0.25) is 0 Å². The molecule has 0 fully saturated rings. The molecular weight excluding hydrogens is 305 g/mol. The maximum atomic E-state index is 6.10. The lowest BCUT2D eigenvalue weighted by molar-refractivity contribution is 0.406. The highest BCUT2D eigenvalue weighted by molar-refractivity contribution is 6.42. The summed E-state index contributed by atoms with van der Waals surface area (Å²) < 4.78 is 5.42. The van der Waals surface area contributed by atoms with Crippen molar-refractivity contribution in [2.75, 3.05) is 7.11 Å². The minimum absolute atomic E-state index is 0.420. The molecule has 0 spiro atoms. The molecule has 0 amide bonds. The van der Waals surface area contributed by atoms with Gasteiger partial charge in [0, 0.05) is 18.2 Å². The molecule has 2 nitrogen and oxygen atoms in total. The van der Waals surface area contributed by atoms with Crippen molar-refractivity contribution in [2.24, 2.45) is 0 Å². The van der Waals surface area contributed by atoms with Crippen molar-refractivity contribution in [1.82, 2.24) is 5.32 Å². The molecule has 0 bridgehead atoms. The average molecular weight is 324 g/mol. The number of halogens is 2. The van der Waals surface area contributed by atoms with E-state index in [0.717, 1.165) is 29.0 Å². The van der Waals surface area contributed by atoms with Gasteiger partial charge in [-0.1, -0.05) is 49.2 Å². The first kappa shape index (κ1) is 16.2. The van der Waals surface area contributed by atoms with Gasteiger partial charge in [-0.25, -0.2) is 0 Å². The molecular formula is C17H19Cl2NO. The second kappa shape index (κ2) is 7.17. The standard InChI is InChI=1S/C17H19Cl2NO/c1-11(2)20-10-14-8-12(5-7-17(14)21-3)13-4-6-15(18)16(19)9-13/h4-9,11,20H,10H2,1-3H3. The SMILES string of the molecule is COc1ccc(-c2ccc(Cl)c(Cl)c2)cc1CNC(C)C. The maximum Gasteiger partial charge on any atom is 0.123 e. The average Bonchev–Trinajstić information content (AvgIpc) is 2.47. The summed E-state index contributed by atoms with van der Waals surface area (Å²) in [4.78, 5) is 0. The van der Waals surface area contributed by atoms with Crippen LogP contribution in [-0.4, -0.2) is 13.2 Å². The molecule has 1 N–H and O–H groups in total. The van der Waals surface area contributed by atoms with E-state index in [1.54, 1.807) is 7.11 Å². The number of benzene rings is 2. The van der Waals surface area contributed by atoms with Crippen LogP contribution in [0.3, 0.4) is 0 Å². The molecule has 2 aromatic carbocycles. The number of rotatable bonds is 5. The molecule has 21 heavy (non-hydrogen) atoms. The second-order valence-electron chi connectivity index (χ2n) is 5.19. The van der Waals surface area contributed by atoms with E-state index in [1.807, 2.05) is 30.3 Å². The van der Waals surface area contributed by atoms with Gasteiger partial charge in [-0.2, -0.15) is 0 Å². The molecule has 2 aromatic rings. The summed E-state index contributed by atoms with van der Waals surface area (Å²) in [5, 5.41) is 4.54. The molecule has 0 atom stereocenters. The van der Waals surface area contributed by atoms with Crippen molar-refractivity contribution < 1.29 is 4.74 Å². The van der Waals surface area contributed by atoms with Gasteiger partial charge < -0.3 is 10.1 Å². The van der Waals surface area contributed by atoms with Gasteiger partial charge in [-0.05, 0) is 35.4 Å². The molecule has 0 aliphatic rings. The van der Waals surface area contributed by atoms with E-state index in [2.05, 4.69) is 25.2 Å². The Labute approximate surface area is 136 Å². The number of ether oxygens (including phenoxy) is 1. The topological polar surface area (TPSA) is 21.3 Å². The van der Waals surface area contributed by atoms with Crippen LogP contribution >= 0.6 is 23.2 Å². The van der Waals surface area contributed by atoms with Gasteiger partial charge in [-0.15, -0.1) is 0 Å². The largest absolute Gasteiger partial charge is 0.496 e. The minimum atomic E-state index is 0.420. The third kappa shape index (κ3) is 4.13. The van der Waals surface area contributed by atoms with E-state index in [0.29, 0.717) is 16.1 Å². The molecule has 0 radical (unpaired) electrons. The molecule has 0 unspecified atom stereocenters. The summed E-state index contributed by atoms with van der Waals surface area (Å²) in [6.07, 6.45) is 0. The first-order valence-electron chi connectivity index (χ1n) is 6.87. The molecule has 0 saturated carbocycles. The first-order chi connectivity index (χ1) is 10.0. The molecule has 4 heteroatoms. The van der Waals surface area contributed by atoms with Crippen molar-refractivity contribution >= 4 is 23.2 Å². The van der Waals surface area contributed by atoms with Crippen LogP contribution in [0.15, 0.2) is 36.4 Å². The van der Waals surface area contributed by atoms with E-state index in [9.17, 15) is 0 Å². The van der Waals surface area contributed by atoms with Crippen LogP contribution in [0, 0.1) is 0 Å². The Morgan fingerprint density at radius 3 is 2.29 bits per heavy atom. The fraction of sp³-hybridized carbons (Fsp3) is 0.294. The molecule has 112 valence electrons. The Bertz CT molecular complexity index is 626. The van der Waals surface area contributed by atoms with E-state index < -0.39 is 0 Å². The van der Waals surface area contributed by atoms with Gasteiger partial charge in [0.1, 0.15) is 5.75 Å². The van der Waals surface area contributed by atoms with Gasteiger partial charge in [0.15, 0.2) is 0 Å². The van der Waals surface area contributed by atoms with Crippen molar-refractivity contribution in [3.8, 4) is 16.9 Å². The van der Waals surface area contributed by atoms with E-state index in [4.69, 9.17) is 27.9 Å². The summed E-state index contributed by atoms with van der Waals surface area (Å²) in [5.74, 6) is 0.881. The van der Waals surface area contributed by atoms with Crippen LogP contribution in [0.25, 0.3) is 11.1 Å². The summed E-state index contributed by atoms with van der Waals surface area (Å²) in [5.41, 5.74) is 3.25. The van der Waals surface area contributed by atoms with E-state index in [-0.39, 0.29) is 0 Å². The Hall–Kier alpha value is -1.22. The molecule has 0 aliphatic heterocycles. The Kier molecular flexibility index (Phi) is 5.51. The second-order valence-corrected chi connectivity index (χ2v) is 6.01. The zero-order valence-electron chi connectivity index (χ0n) is 12.4. The predicted molar refractivity (Wildman–Crippen MR) is 90.4 cm³/mol.